The van der Waals surface area contributed by atoms with Gasteiger partial charge in [-0.2, -0.15) is 0 Å². The van der Waals surface area contributed by atoms with Gasteiger partial charge in [0.05, 0.1) is 6.61 Å². The van der Waals surface area contributed by atoms with Crippen LogP contribution in [0.4, 0.5) is 0 Å². The zero-order valence-corrected chi connectivity index (χ0v) is 12.0. The van der Waals surface area contributed by atoms with Crippen LogP contribution >= 0.6 is 0 Å². The van der Waals surface area contributed by atoms with Crippen LogP contribution in [-0.2, 0) is 4.74 Å². The minimum Gasteiger partial charge on any atom is -0.383 e. The summed E-state index contributed by atoms with van der Waals surface area (Å²) in [5.41, 5.74) is 0.228. The third-order valence-corrected chi connectivity index (χ3v) is 3.09. The summed E-state index contributed by atoms with van der Waals surface area (Å²) in [4.78, 5) is 4.96. The zero-order chi connectivity index (χ0) is 12.6. The number of hydrogen-bond acceptors (Lipinski definition) is 3. The first-order valence-electron chi connectivity index (χ1n) is 6.42. The van der Waals surface area contributed by atoms with Crippen LogP contribution in [0.3, 0.4) is 0 Å². The first-order valence-corrected chi connectivity index (χ1v) is 6.42. The van der Waals surface area contributed by atoms with Gasteiger partial charge in [0, 0.05) is 32.3 Å². The molecule has 0 N–H and O–H groups in total. The zero-order valence-electron chi connectivity index (χ0n) is 12.0. The van der Waals surface area contributed by atoms with E-state index in [2.05, 4.69) is 44.4 Å². The van der Waals surface area contributed by atoms with Gasteiger partial charge in [0.25, 0.3) is 0 Å². The van der Waals surface area contributed by atoms with Crippen molar-refractivity contribution in [3.63, 3.8) is 0 Å². The van der Waals surface area contributed by atoms with Gasteiger partial charge in [-0.15, -0.1) is 0 Å². The molecule has 0 aliphatic carbocycles. The van der Waals surface area contributed by atoms with Crippen molar-refractivity contribution in [2.75, 3.05) is 46.4 Å². The standard InChI is InChI=1S/C13H30N2O/c1-7-14(8-2)9-10-15(11-12-16-6)13(3,4)5/h7-12H2,1-6H3. The molecule has 0 aliphatic rings. The molecule has 0 saturated carbocycles. The van der Waals surface area contributed by atoms with Crippen molar-refractivity contribution in [3.8, 4) is 0 Å². The average Bonchev–Trinajstić information content (AvgIpc) is 2.21. The molecule has 0 unspecified atom stereocenters. The van der Waals surface area contributed by atoms with Crippen LogP contribution in [0.2, 0.25) is 0 Å². The van der Waals surface area contributed by atoms with Gasteiger partial charge >= 0.3 is 0 Å². The van der Waals surface area contributed by atoms with Gasteiger partial charge in [0.1, 0.15) is 0 Å². The lowest BCUT2D eigenvalue weighted by molar-refractivity contribution is 0.0772. The molecule has 3 heteroatoms. The van der Waals surface area contributed by atoms with Gasteiger partial charge in [-0.05, 0) is 33.9 Å². The highest BCUT2D eigenvalue weighted by atomic mass is 16.5. The van der Waals surface area contributed by atoms with Crippen LogP contribution in [-0.4, -0.2) is 61.8 Å². The number of likely N-dealkylation sites (N-methyl/N-ethyl adjacent to an activating group) is 1. The molecule has 0 aromatic carbocycles. The molecule has 0 aromatic rings. The minimum absolute atomic E-state index is 0.228. The summed E-state index contributed by atoms with van der Waals surface area (Å²) in [6, 6.07) is 0. The summed E-state index contributed by atoms with van der Waals surface area (Å²) < 4.78 is 5.17. The number of rotatable bonds is 8. The minimum atomic E-state index is 0.228. The lowest BCUT2D eigenvalue weighted by Crippen LogP contribution is -2.47. The summed E-state index contributed by atoms with van der Waals surface area (Å²) in [5.74, 6) is 0. The van der Waals surface area contributed by atoms with Gasteiger partial charge in [0.15, 0.2) is 0 Å². The maximum absolute atomic E-state index is 5.17. The predicted molar refractivity (Wildman–Crippen MR) is 71.0 cm³/mol. The van der Waals surface area contributed by atoms with E-state index in [-0.39, 0.29) is 5.54 Å². The van der Waals surface area contributed by atoms with Crippen molar-refractivity contribution in [1.29, 1.82) is 0 Å². The fourth-order valence-electron chi connectivity index (χ4n) is 1.79. The monoisotopic (exact) mass is 230 g/mol. The molecular formula is C13H30N2O. The van der Waals surface area contributed by atoms with Gasteiger partial charge in [0.2, 0.25) is 0 Å². The molecule has 98 valence electrons. The van der Waals surface area contributed by atoms with Gasteiger partial charge in [-0.25, -0.2) is 0 Å². The molecule has 0 aromatic heterocycles. The third-order valence-electron chi connectivity index (χ3n) is 3.09. The van der Waals surface area contributed by atoms with Crippen LogP contribution in [0.25, 0.3) is 0 Å². The van der Waals surface area contributed by atoms with E-state index in [0.29, 0.717) is 0 Å². The Bertz CT molecular complexity index is 162. The Labute approximate surface area is 102 Å². The predicted octanol–water partition coefficient (Wildman–Crippen LogP) is 2.08. The second kappa shape index (κ2) is 8.04. The Kier molecular flexibility index (Phi) is 7.98. The van der Waals surface area contributed by atoms with E-state index in [1.165, 1.54) is 0 Å². The largest absolute Gasteiger partial charge is 0.383 e. The van der Waals surface area contributed by atoms with Crippen LogP contribution in [0.5, 0.6) is 0 Å². The van der Waals surface area contributed by atoms with Crippen molar-refractivity contribution in [2.24, 2.45) is 0 Å². The first-order chi connectivity index (χ1) is 7.45. The van der Waals surface area contributed by atoms with Crippen LogP contribution < -0.4 is 0 Å². The van der Waals surface area contributed by atoms with Crippen molar-refractivity contribution < 1.29 is 4.74 Å². The number of nitrogens with zero attached hydrogens (tertiary/aromatic N) is 2. The Morgan fingerprint density at radius 1 is 0.938 bits per heavy atom. The molecule has 16 heavy (non-hydrogen) atoms. The molecule has 0 aliphatic heterocycles. The Morgan fingerprint density at radius 2 is 1.50 bits per heavy atom. The average molecular weight is 230 g/mol. The van der Waals surface area contributed by atoms with Gasteiger partial charge < -0.3 is 9.64 Å². The van der Waals surface area contributed by atoms with E-state index < -0.39 is 0 Å². The van der Waals surface area contributed by atoms with Crippen LogP contribution in [0.1, 0.15) is 34.6 Å². The molecule has 0 rings (SSSR count). The summed E-state index contributed by atoms with van der Waals surface area (Å²) in [6.45, 7) is 17.6. The number of ether oxygens (including phenoxy) is 1. The highest BCUT2D eigenvalue weighted by Crippen LogP contribution is 2.12. The topological polar surface area (TPSA) is 15.7 Å². The second-order valence-corrected chi connectivity index (χ2v) is 5.18. The quantitative estimate of drug-likeness (QED) is 0.635. The summed E-state index contributed by atoms with van der Waals surface area (Å²) in [6.07, 6.45) is 0. The van der Waals surface area contributed by atoms with E-state index in [1.807, 2.05) is 0 Å². The van der Waals surface area contributed by atoms with Crippen LogP contribution in [0.15, 0.2) is 0 Å². The molecule has 0 radical (unpaired) electrons. The van der Waals surface area contributed by atoms with Gasteiger partial charge in [-0.1, -0.05) is 13.8 Å². The Balaban J connectivity index is 4.10. The molecule has 0 atom stereocenters. The summed E-state index contributed by atoms with van der Waals surface area (Å²) >= 11 is 0. The molecule has 0 heterocycles. The molecular weight excluding hydrogens is 200 g/mol. The van der Waals surface area contributed by atoms with Crippen molar-refractivity contribution >= 4 is 0 Å². The number of hydrogen-bond donors (Lipinski definition) is 0. The maximum atomic E-state index is 5.17. The molecule has 3 nitrogen and oxygen atoms in total. The Hall–Kier alpha value is -0.120. The van der Waals surface area contributed by atoms with E-state index >= 15 is 0 Å². The van der Waals surface area contributed by atoms with Crippen LogP contribution in [0, 0.1) is 0 Å². The Morgan fingerprint density at radius 3 is 1.88 bits per heavy atom. The maximum Gasteiger partial charge on any atom is 0.0589 e. The third kappa shape index (κ3) is 6.46. The summed E-state index contributed by atoms with van der Waals surface area (Å²) in [5, 5.41) is 0. The molecule has 0 fully saturated rings. The fraction of sp³-hybridized carbons (Fsp3) is 1.00. The molecule has 0 spiro atoms. The SMILES string of the molecule is CCN(CC)CCN(CCOC)C(C)(C)C. The molecule has 0 bridgehead atoms. The highest BCUT2D eigenvalue weighted by molar-refractivity contribution is 4.77. The molecule has 0 amide bonds. The highest BCUT2D eigenvalue weighted by Gasteiger charge is 2.20. The lowest BCUT2D eigenvalue weighted by Gasteiger charge is -2.36. The van der Waals surface area contributed by atoms with Crippen molar-refractivity contribution in [1.82, 2.24) is 9.80 Å². The van der Waals surface area contributed by atoms with E-state index in [9.17, 15) is 0 Å². The smallest absolute Gasteiger partial charge is 0.0589 e. The first kappa shape index (κ1) is 15.9. The molecule has 0 saturated heterocycles. The van der Waals surface area contributed by atoms with E-state index in [4.69, 9.17) is 4.74 Å². The number of methoxy groups -OCH3 is 1. The second-order valence-electron chi connectivity index (χ2n) is 5.18. The summed E-state index contributed by atoms with van der Waals surface area (Å²) in [7, 11) is 1.77. The lowest BCUT2D eigenvalue weighted by atomic mass is 10.1. The normalized spacial score (nSPS) is 12.8. The van der Waals surface area contributed by atoms with E-state index in [0.717, 1.165) is 39.3 Å². The van der Waals surface area contributed by atoms with Crippen molar-refractivity contribution in [2.45, 2.75) is 40.2 Å². The van der Waals surface area contributed by atoms with E-state index in [1.54, 1.807) is 7.11 Å². The van der Waals surface area contributed by atoms with Crippen molar-refractivity contribution in [3.05, 3.63) is 0 Å². The van der Waals surface area contributed by atoms with Gasteiger partial charge in [-0.3, -0.25) is 4.90 Å². The fourth-order valence-corrected chi connectivity index (χ4v) is 1.79.